The highest BCUT2D eigenvalue weighted by atomic mass is 32.2. The normalized spacial score (nSPS) is 16.4. The Morgan fingerprint density at radius 3 is 2.30 bits per heavy atom. The molecule has 2 aliphatic rings. The van der Waals surface area contributed by atoms with Crippen molar-refractivity contribution in [3.05, 3.63) is 45.8 Å². The SMILES string of the molecule is CCCN1CCc2c(sc(NC(=O)c3ccc(S(=O)(=O)N4CCN(C(=O)OCC)CC4)cc3)c2C(=O)N(C)C)C1. The predicted octanol–water partition coefficient (Wildman–Crippen LogP) is 2.93. The van der Waals surface area contributed by atoms with Crippen LogP contribution in [0.2, 0.25) is 0 Å². The van der Waals surface area contributed by atoms with Crippen LogP contribution in [0.4, 0.5) is 9.80 Å². The molecule has 0 atom stereocenters. The van der Waals surface area contributed by atoms with Crippen molar-refractivity contribution in [1.29, 1.82) is 0 Å². The molecule has 0 radical (unpaired) electrons. The Hall–Kier alpha value is -3.00. The van der Waals surface area contributed by atoms with Gasteiger partial charge in [0.2, 0.25) is 10.0 Å². The van der Waals surface area contributed by atoms with Crippen LogP contribution in [0.15, 0.2) is 29.2 Å². The van der Waals surface area contributed by atoms with Crippen molar-refractivity contribution in [2.75, 3.05) is 65.3 Å². The lowest BCUT2D eigenvalue weighted by molar-refractivity contribution is 0.0826. The zero-order valence-corrected chi connectivity index (χ0v) is 25.1. The second kappa shape index (κ2) is 12.7. The fourth-order valence-corrected chi connectivity index (χ4v) is 7.63. The first-order chi connectivity index (χ1) is 19.1. The Balaban J connectivity index is 1.48. The van der Waals surface area contributed by atoms with Crippen LogP contribution >= 0.6 is 11.3 Å². The number of ether oxygens (including phenoxy) is 1. The summed E-state index contributed by atoms with van der Waals surface area (Å²) in [5.74, 6) is -0.565. The molecule has 1 aromatic carbocycles. The molecule has 0 bridgehead atoms. The minimum Gasteiger partial charge on any atom is -0.450 e. The number of nitrogens with one attached hydrogen (secondary N) is 1. The Morgan fingerprint density at radius 2 is 1.70 bits per heavy atom. The van der Waals surface area contributed by atoms with E-state index in [1.54, 1.807) is 21.0 Å². The summed E-state index contributed by atoms with van der Waals surface area (Å²) < 4.78 is 32.7. The van der Waals surface area contributed by atoms with Crippen molar-refractivity contribution < 1.29 is 27.5 Å². The van der Waals surface area contributed by atoms with Gasteiger partial charge >= 0.3 is 6.09 Å². The van der Waals surface area contributed by atoms with Crippen molar-refractivity contribution in [2.45, 2.75) is 38.1 Å². The highest BCUT2D eigenvalue weighted by molar-refractivity contribution is 7.89. The second-order valence-corrected chi connectivity index (χ2v) is 13.0. The molecule has 0 aliphatic carbocycles. The quantitative estimate of drug-likeness (QED) is 0.501. The number of sulfonamides is 1. The van der Waals surface area contributed by atoms with Crippen molar-refractivity contribution in [3.8, 4) is 0 Å². The smallest absolute Gasteiger partial charge is 0.409 e. The van der Waals surface area contributed by atoms with Gasteiger partial charge < -0.3 is 19.9 Å². The molecule has 1 N–H and O–H groups in total. The topological polar surface area (TPSA) is 120 Å². The van der Waals surface area contributed by atoms with Gasteiger partial charge in [0.15, 0.2) is 0 Å². The van der Waals surface area contributed by atoms with Crippen molar-refractivity contribution >= 4 is 44.3 Å². The second-order valence-electron chi connectivity index (χ2n) is 10.0. The predicted molar refractivity (Wildman–Crippen MR) is 153 cm³/mol. The molecular formula is C27H37N5O6S2. The standard InChI is InChI=1S/C27H37N5O6S2/c1-5-12-30-13-11-21-22(18-30)39-25(23(21)26(34)29(3)4)28-24(33)19-7-9-20(10-8-19)40(36,37)32-16-14-31(15-17-32)27(35)38-6-2/h7-10H,5-6,11-18H2,1-4H3,(H,28,33). The molecule has 1 aromatic heterocycles. The van der Waals surface area contributed by atoms with Gasteiger partial charge in [-0.05, 0) is 56.1 Å². The summed E-state index contributed by atoms with van der Waals surface area (Å²) in [5, 5.41) is 3.44. The van der Waals surface area contributed by atoms with E-state index in [1.165, 1.54) is 49.7 Å². The van der Waals surface area contributed by atoms with Gasteiger partial charge in [-0.1, -0.05) is 6.92 Å². The van der Waals surface area contributed by atoms with Crippen molar-refractivity contribution in [2.24, 2.45) is 0 Å². The summed E-state index contributed by atoms with van der Waals surface area (Å²) in [6.07, 6.45) is 1.34. The number of amides is 3. The summed E-state index contributed by atoms with van der Waals surface area (Å²) in [4.78, 5) is 44.7. The number of fused-ring (bicyclic) bond motifs is 1. The van der Waals surface area contributed by atoms with E-state index in [-0.39, 0.29) is 49.2 Å². The van der Waals surface area contributed by atoms with Crippen LogP contribution in [0.25, 0.3) is 0 Å². The van der Waals surface area contributed by atoms with Gasteiger partial charge in [0.05, 0.1) is 17.1 Å². The number of piperazine rings is 1. The van der Waals surface area contributed by atoms with Crippen LogP contribution < -0.4 is 5.32 Å². The Labute approximate surface area is 239 Å². The Morgan fingerprint density at radius 1 is 1.02 bits per heavy atom. The molecule has 3 amide bonds. The molecule has 2 aliphatic heterocycles. The van der Waals surface area contributed by atoms with Gasteiger partial charge in [0.25, 0.3) is 11.8 Å². The monoisotopic (exact) mass is 591 g/mol. The number of nitrogens with zero attached hydrogens (tertiary/aromatic N) is 4. The van der Waals surface area contributed by atoms with Gasteiger partial charge in [-0.15, -0.1) is 11.3 Å². The first-order valence-electron chi connectivity index (χ1n) is 13.5. The van der Waals surface area contributed by atoms with Crippen LogP contribution in [-0.4, -0.2) is 105 Å². The molecule has 4 rings (SSSR count). The molecule has 11 nitrogen and oxygen atoms in total. The molecular weight excluding hydrogens is 554 g/mol. The number of carbonyl (C=O) groups excluding carboxylic acids is 3. The molecule has 3 heterocycles. The van der Waals surface area contributed by atoms with Gasteiger partial charge in [0.1, 0.15) is 5.00 Å². The van der Waals surface area contributed by atoms with E-state index >= 15 is 0 Å². The van der Waals surface area contributed by atoms with E-state index in [9.17, 15) is 22.8 Å². The van der Waals surface area contributed by atoms with E-state index < -0.39 is 22.0 Å². The van der Waals surface area contributed by atoms with E-state index in [1.807, 2.05) is 0 Å². The van der Waals surface area contributed by atoms with Crippen molar-refractivity contribution in [3.63, 3.8) is 0 Å². The molecule has 2 aromatic rings. The average Bonchev–Trinajstić information content (AvgIpc) is 3.29. The molecule has 40 heavy (non-hydrogen) atoms. The van der Waals surface area contributed by atoms with E-state index in [0.717, 1.165) is 42.9 Å². The molecule has 218 valence electrons. The maximum Gasteiger partial charge on any atom is 0.409 e. The number of benzene rings is 1. The largest absolute Gasteiger partial charge is 0.450 e. The van der Waals surface area contributed by atoms with Crippen LogP contribution in [0, 0.1) is 0 Å². The summed E-state index contributed by atoms with van der Waals surface area (Å²) in [7, 11) is -0.405. The number of anilines is 1. The number of hydrogen-bond donors (Lipinski definition) is 1. The highest BCUT2D eigenvalue weighted by Gasteiger charge is 2.32. The third-order valence-electron chi connectivity index (χ3n) is 7.04. The van der Waals surface area contributed by atoms with Gasteiger partial charge in [0, 0.05) is 63.8 Å². The minimum atomic E-state index is -3.79. The van der Waals surface area contributed by atoms with Crippen LogP contribution in [0.3, 0.4) is 0 Å². The summed E-state index contributed by atoms with van der Waals surface area (Å²) in [6.45, 7) is 7.52. The third-order valence-corrected chi connectivity index (χ3v) is 10.1. The van der Waals surface area contributed by atoms with E-state index in [2.05, 4.69) is 17.1 Å². The lowest BCUT2D eigenvalue weighted by Crippen LogP contribution is -2.50. The number of carbonyl (C=O) groups is 3. The average molecular weight is 592 g/mol. The Bertz CT molecular complexity index is 1350. The zero-order valence-electron chi connectivity index (χ0n) is 23.4. The number of thiophene rings is 1. The van der Waals surface area contributed by atoms with Gasteiger partial charge in [-0.2, -0.15) is 4.31 Å². The Kier molecular flexibility index (Phi) is 9.49. The first kappa shape index (κ1) is 30.0. The lowest BCUT2D eigenvalue weighted by atomic mass is 10.0. The molecule has 1 saturated heterocycles. The van der Waals surface area contributed by atoms with E-state index in [0.29, 0.717) is 10.6 Å². The summed E-state index contributed by atoms with van der Waals surface area (Å²) >= 11 is 1.43. The number of hydrogen-bond acceptors (Lipinski definition) is 8. The number of rotatable bonds is 8. The third kappa shape index (κ3) is 6.32. The fourth-order valence-electron chi connectivity index (χ4n) is 4.93. The molecule has 1 fully saturated rings. The minimum absolute atomic E-state index is 0.0692. The fraction of sp³-hybridized carbons (Fsp3) is 0.519. The van der Waals surface area contributed by atoms with Crippen LogP contribution in [0.5, 0.6) is 0 Å². The van der Waals surface area contributed by atoms with Gasteiger partial charge in [-0.3, -0.25) is 14.5 Å². The first-order valence-corrected chi connectivity index (χ1v) is 15.7. The maximum atomic E-state index is 13.2. The molecule has 13 heteroatoms. The maximum absolute atomic E-state index is 13.2. The lowest BCUT2D eigenvalue weighted by Gasteiger charge is -2.33. The molecule has 0 saturated carbocycles. The van der Waals surface area contributed by atoms with E-state index in [4.69, 9.17) is 4.74 Å². The van der Waals surface area contributed by atoms with Gasteiger partial charge in [-0.25, -0.2) is 13.2 Å². The van der Waals surface area contributed by atoms with Crippen LogP contribution in [-0.2, 0) is 27.7 Å². The molecule has 0 spiro atoms. The summed E-state index contributed by atoms with van der Waals surface area (Å²) in [6, 6.07) is 5.77. The zero-order chi connectivity index (χ0) is 29.0. The highest BCUT2D eigenvalue weighted by Crippen LogP contribution is 2.38. The van der Waals surface area contributed by atoms with Crippen molar-refractivity contribution in [1.82, 2.24) is 19.0 Å². The summed E-state index contributed by atoms with van der Waals surface area (Å²) in [5.41, 5.74) is 1.82. The molecule has 0 unspecified atom stereocenters. The van der Waals surface area contributed by atoms with Crippen LogP contribution in [0.1, 0.15) is 51.4 Å².